The van der Waals surface area contributed by atoms with Crippen LogP contribution in [-0.4, -0.2) is 44.3 Å². The Bertz CT molecular complexity index is 940. The lowest BCUT2D eigenvalue weighted by atomic mass is 9.93. The maximum Gasteiger partial charge on any atom is 0.264 e. The van der Waals surface area contributed by atoms with Crippen molar-refractivity contribution in [1.82, 2.24) is 24.8 Å². The lowest BCUT2D eigenvalue weighted by Crippen LogP contribution is -2.39. The van der Waals surface area contributed by atoms with E-state index in [0.717, 1.165) is 22.9 Å². The third kappa shape index (κ3) is 2.75. The van der Waals surface area contributed by atoms with Crippen LogP contribution in [0.1, 0.15) is 38.6 Å². The summed E-state index contributed by atoms with van der Waals surface area (Å²) >= 11 is 0. The molecule has 1 fully saturated rings. The first-order chi connectivity index (χ1) is 12.5. The highest BCUT2D eigenvalue weighted by molar-refractivity contribution is 5.83. The van der Waals surface area contributed by atoms with Gasteiger partial charge in [0.05, 0.1) is 11.7 Å². The van der Waals surface area contributed by atoms with Gasteiger partial charge < -0.3 is 9.42 Å². The summed E-state index contributed by atoms with van der Waals surface area (Å²) in [6.07, 6.45) is 2.88. The summed E-state index contributed by atoms with van der Waals surface area (Å²) in [6, 6.07) is 5.99. The molecule has 0 N–H and O–H groups in total. The fraction of sp³-hybridized carbons (Fsp3) is 0.444. The van der Waals surface area contributed by atoms with Gasteiger partial charge in [-0.3, -0.25) is 9.48 Å². The van der Waals surface area contributed by atoms with Crippen LogP contribution in [0.2, 0.25) is 0 Å². The van der Waals surface area contributed by atoms with Crippen LogP contribution in [0, 0.1) is 0 Å². The van der Waals surface area contributed by atoms with Gasteiger partial charge in [0.15, 0.2) is 5.67 Å². The topological polar surface area (TPSA) is 77.0 Å². The predicted octanol–water partition coefficient (Wildman–Crippen LogP) is 3.08. The summed E-state index contributed by atoms with van der Waals surface area (Å²) in [6.45, 7) is 4.81. The van der Waals surface area contributed by atoms with Gasteiger partial charge in [-0.15, -0.1) is 0 Å². The molecule has 0 saturated carbocycles. The average Bonchev–Trinajstić information content (AvgIpc) is 3.29. The average molecular weight is 357 g/mol. The first-order valence-electron chi connectivity index (χ1n) is 8.70. The first-order valence-corrected chi connectivity index (χ1v) is 8.70. The Balaban J connectivity index is 1.65. The standard InChI is InChI=1S/C18H20FN5O2/c1-12(2)24-15-9-13(3-4-14(15)10-20-24)16-21-17(26-22-16)18(19)5-7-23(11-25)8-6-18/h3-4,9-12H,5-8H2,1-2H3. The number of carbonyl (C=O) groups excluding carboxylic acids is 1. The van der Waals surface area contributed by atoms with Crippen LogP contribution in [0.5, 0.6) is 0 Å². The summed E-state index contributed by atoms with van der Waals surface area (Å²) in [7, 11) is 0. The van der Waals surface area contributed by atoms with Crippen molar-refractivity contribution in [1.29, 1.82) is 0 Å². The van der Waals surface area contributed by atoms with Crippen molar-refractivity contribution in [2.75, 3.05) is 13.1 Å². The minimum absolute atomic E-state index is 0.0180. The van der Waals surface area contributed by atoms with Gasteiger partial charge in [0, 0.05) is 42.9 Å². The lowest BCUT2D eigenvalue weighted by molar-refractivity contribution is -0.121. The predicted molar refractivity (Wildman–Crippen MR) is 93.1 cm³/mol. The third-order valence-corrected chi connectivity index (χ3v) is 4.89. The van der Waals surface area contributed by atoms with E-state index in [-0.39, 0.29) is 24.8 Å². The molecule has 3 aromatic rings. The number of rotatable bonds is 4. The molecule has 0 aliphatic carbocycles. The van der Waals surface area contributed by atoms with Crippen molar-refractivity contribution in [3.8, 4) is 11.4 Å². The molecule has 26 heavy (non-hydrogen) atoms. The Morgan fingerprint density at radius 1 is 1.31 bits per heavy atom. The normalized spacial score (nSPS) is 17.2. The van der Waals surface area contributed by atoms with Crippen LogP contribution in [0.4, 0.5) is 4.39 Å². The second-order valence-electron chi connectivity index (χ2n) is 6.99. The Morgan fingerprint density at radius 3 is 2.77 bits per heavy atom. The second kappa shape index (κ2) is 6.19. The molecule has 0 radical (unpaired) electrons. The lowest BCUT2D eigenvalue weighted by Gasteiger charge is -2.31. The number of piperidine rings is 1. The fourth-order valence-corrected chi connectivity index (χ4v) is 3.31. The highest BCUT2D eigenvalue weighted by Gasteiger charge is 2.41. The molecule has 136 valence electrons. The maximum atomic E-state index is 15.2. The second-order valence-corrected chi connectivity index (χ2v) is 6.99. The molecular formula is C18H20FN5O2. The zero-order valence-corrected chi connectivity index (χ0v) is 14.7. The van der Waals surface area contributed by atoms with E-state index in [1.807, 2.05) is 29.1 Å². The van der Waals surface area contributed by atoms with E-state index in [1.54, 1.807) is 4.90 Å². The number of aromatic nitrogens is 4. The van der Waals surface area contributed by atoms with Crippen LogP contribution in [0.3, 0.4) is 0 Å². The number of carbonyl (C=O) groups is 1. The van der Waals surface area contributed by atoms with E-state index in [1.165, 1.54) is 0 Å². The van der Waals surface area contributed by atoms with Crippen molar-refractivity contribution in [2.45, 2.75) is 38.4 Å². The smallest absolute Gasteiger partial charge is 0.264 e. The highest BCUT2D eigenvalue weighted by Crippen LogP contribution is 2.36. The van der Waals surface area contributed by atoms with Gasteiger partial charge >= 0.3 is 0 Å². The van der Waals surface area contributed by atoms with Crippen LogP contribution in [0.25, 0.3) is 22.3 Å². The molecule has 8 heteroatoms. The summed E-state index contributed by atoms with van der Waals surface area (Å²) < 4.78 is 22.3. The summed E-state index contributed by atoms with van der Waals surface area (Å²) in [5.74, 6) is 0.337. The fourth-order valence-electron chi connectivity index (χ4n) is 3.31. The molecule has 3 heterocycles. The summed E-state index contributed by atoms with van der Waals surface area (Å²) in [5.41, 5.74) is 0.0381. The largest absolute Gasteiger partial charge is 0.345 e. The van der Waals surface area contributed by atoms with E-state index in [9.17, 15) is 4.79 Å². The van der Waals surface area contributed by atoms with E-state index in [2.05, 4.69) is 29.1 Å². The Hall–Kier alpha value is -2.77. The van der Waals surface area contributed by atoms with E-state index in [0.29, 0.717) is 18.9 Å². The van der Waals surface area contributed by atoms with Crippen molar-refractivity contribution < 1.29 is 13.7 Å². The van der Waals surface area contributed by atoms with Gasteiger partial charge in [-0.25, -0.2) is 4.39 Å². The van der Waals surface area contributed by atoms with Crippen molar-refractivity contribution in [3.05, 3.63) is 30.3 Å². The van der Waals surface area contributed by atoms with Gasteiger partial charge in [0.25, 0.3) is 5.89 Å². The summed E-state index contributed by atoms with van der Waals surface area (Å²) in [5, 5.41) is 9.39. The van der Waals surface area contributed by atoms with Crippen molar-refractivity contribution >= 4 is 17.3 Å². The molecule has 7 nitrogen and oxygen atoms in total. The van der Waals surface area contributed by atoms with E-state index >= 15 is 4.39 Å². The molecule has 0 bridgehead atoms. The zero-order chi connectivity index (χ0) is 18.3. The summed E-state index contributed by atoms with van der Waals surface area (Å²) in [4.78, 5) is 16.7. The molecule has 1 aromatic carbocycles. The van der Waals surface area contributed by atoms with Crippen LogP contribution in [0.15, 0.2) is 28.9 Å². The molecule has 1 aliphatic heterocycles. The third-order valence-electron chi connectivity index (χ3n) is 4.89. The maximum absolute atomic E-state index is 15.2. The number of likely N-dealkylation sites (tertiary alicyclic amines) is 1. The molecule has 4 rings (SSSR count). The van der Waals surface area contributed by atoms with Crippen LogP contribution in [-0.2, 0) is 10.5 Å². The van der Waals surface area contributed by atoms with Gasteiger partial charge in [-0.1, -0.05) is 17.3 Å². The van der Waals surface area contributed by atoms with Crippen molar-refractivity contribution in [3.63, 3.8) is 0 Å². The van der Waals surface area contributed by atoms with Gasteiger partial charge in [-0.2, -0.15) is 10.1 Å². The van der Waals surface area contributed by atoms with Gasteiger partial charge in [0.2, 0.25) is 12.2 Å². The van der Waals surface area contributed by atoms with Crippen molar-refractivity contribution in [2.24, 2.45) is 0 Å². The van der Waals surface area contributed by atoms with E-state index < -0.39 is 5.67 Å². The van der Waals surface area contributed by atoms with Crippen LogP contribution >= 0.6 is 0 Å². The Morgan fingerprint density at radius 2 is 2.08 bits per heavy atom. The number of hydrogen-bond acceptors (Lipinski definition) is 5. The minimum Gasteiger partial charge on any atom is -0.345 e. The molecule has 1 saturated heterocycles. The number of hydrogen-bond donors (Lipinski definition) is 0. The Kier molecular flexibility index (Phi) is 3.97. The SMILES string of the molecule is CC(C)n1ncc2ccc(-c3noc(C4(F)CCN(C=O)CC4)n3)cc21. The van der Waals surface area contributed by atoms with Crippen LogP contribution < -0.4 is 0 Å². The monoisotopic (exact) mass is 357 g/mol. The Labute approximate surface area is 149 Å². The molecule has 0 spiro atoms. The number of nitrogens with zero attached hydrogens (tertiary/aromatic N) is 5. The number of alkyl halides is 1. The van der Waals surface area contributed by atoms with Gasteiger partial charge in [-0.05, 0) is 19.9 Å². The molecular weight excluding hydrogens is 337 g/mol. The molecule has 1 aliphatic rings. The molecule has 0 atom stereocenters. The highest BCUT2D eigenvalue weighted by atomic mass is 19.1. The number of fused-ring (bicyclic) bond motifs is 1. The molecule has 0 unspecified atom stereocenters. The zero-order valence-electron chi connectivity index (χ0n) is 14.7. The van der Waals surface area contributed by atoms with Gasteiger partial charge in [0.1, 0.15) is 0 Å². The number of amides is 1. The minimum atomic E-state index is -1.69. The molecule has 1 amide bonds. The number of halogens is 1. The quantitative estimate of drug-likeness (QED) is 0.671. The molecule has 2 aromatic heterocycles. The first kappa shape index (κ1) is 16.7. The number of benzene rings is 1. The van der Waals surface area contributed by atoms with E-state index in [4.69, 9.17) is 4.52 Å².